The van der Waals surface area contributed by atoms with Crippen LogP contribution in [0.3, 0.4) is 0 Å². The first-order valence-corrected chi connectivity index (χ1v) is 4.77. The monoisotopic (exact) mass is 191 g/mol. The van der Waals surface area contributed by atoms with Gasteiger partial charge in [0.15, 0.2) is 0 Å². The lowest BCUT2D eigenvalue weighted by Crippen LogP contribution is -1.80. The normalized spacial score (nSPS) is 10.2. The highest BCUT2D eigenvalue weighted by molar-refractivity contribution is 7.97. The van der Waals surface area contributed by atoms with E-state index in [9.17, 15) is 0 Å². The van der Waals surface area contributed by atoms with Gasteiger partial charge < -0.3 is 4.42 Å². The molecule has 1 heterocycles. The third-order valence-electron chi connectivity index (χ3n) is 1.82. The molecule has 0 aliphatic rings. The Balaban J connectivity index is 2.41. The molecule has 3 heteroatoms. The quantitative estimate of drug-likeness (QED) is 0.742. The Kier molecular flexibility index (Phi) is 2.38. The Morgan fingerprint density at radius 2 is 2.08 bits per heavy atom. The predicted octanol–water partition coefficient (Wildman–Crippen LogP) is 2.91. The van der Waals surface area contributed by atoms with Gasteiger partial charge in [-0.1, -0.05) is 12.1 Å². The van der Waals surface area contributed by atoms with E-state index in [4.69, 9.17) is 9.56 Å². The molecule has 0 saturated heterocycles. The van der Waals surface area contributed by atoms with E-state index < -0.39 is 0 Å². The number of furan rings is 1. The number of hydrogen-bond acceptors (Lipinski definition) is 3. The van der Waals surface area contributed by atoms with Crippen LogP contribution in [0.5, 0.6) is 0 Å². The number of hydrogen-bond donors (Lipinski definition) is 1. The maximum absolute atomic E-state index is 5.47. The van der Waals surface area contributed by atoms with Crippen molar-refractivity contribution in [3.63, 3.8) is 0 Å². The molecule has 1 aromatic heterocycles. The lowest BCUT2D eigenvalue weighted by molar-refractivity contribution is 0.568. The highest BCUT2D eigenvalue weighted by Crippen LogP contribution is 2.23. The summed E-state index contributed by atoms with van der Waals surface area (Å²) in [7, 11) is 0. The summed E-state index contributed by atoms with van der Waals surface area (Å²) in [6.45, 7) is 0. The van der Waals surface area contributed by atoms with Crippen LogP contribution in [-0.2, 0) is 0 Å². The zero-order chi connectivity index (χ0) is 9.10. The summed E-state index contributed by atoms with van der Waals surface area (Å²) >= 11 is 1.25. The summed E-state index contributed by atoms with van der Waals surface area (Å²) in [5, 5.41) is 5.47. The summed E-state index contributed by atoms with van der Waals surface area (Å²) < 4.78 is 5.00. The second kappa shape index (κ2) is 3.68. The van der Waals surface area contributed by atoms with Crippen LogP contribution in [0.2, 0.25) is 0 Å². The van der Waals surface area contributed by atoms with Crippen molar-refractivity contribution < 1.29 is 4.42 Å². The van der Waals surface area contributed by atoms with E-state index in [1.807, 2.05) is 30.3 Å². The zero-order valence-electron chi connectivity index (χ0n) is 6.94. The molecule has 0 fully saturated rings. The van der Waals surface area contributed by atoms with Crippen LogP contribution < -0.4 is 5.14 Å². The Hall–Kier alpha value is -1.19. The predicted molar refractivity (Wildman–Crippen MR) is 54.2 cm³/mol. The van der Waals surface area contributed by atoms with Gasteiger partial charge in [-0.3, -0.25) is 5.14 Å². The summed E-state index contributed by atoms with van der Waals surface area (Å²) in [4.78, 5) is 1.05. The first-order valence-electron chi connectivity index (χ1n) is 3.89. The van der Waals surface area contributed by atoms with Crippen LogP contribution in [0.25, 0.3) is 11.1 Å². The second-order valence-electron chi connectivity index (χ2n) is 2.66. The van der Waals surface area contributed by atoms with E-state index in [0.717, 1.165) is 16.0 Å². The molecule has 0 amide bonds. The average molecular weight is 191 g/mol. The Morgan fingerprint density at radius 1 is 1.15 bits per heavy atom. The van der Waals surface area contributed by atoms with E-state index in [2.05, 4.69) is 0 Å². The van der Waals surface area contributed by atoms with Crippen molar-refractivity contribution in [1.29, 1.82) is 0 Å². The van der Waals surface area contributed by atoms with Crippen molar-refractivity contribution in [2.75, 3.05) is 0 Å². The zero-order valence-corrected chi connectivity index (χ0v) is 7.75. The highest BCUT2D eigenvalue weighted by atomic mass is 32.2. The Morgan fingerprint density at radius 3 is 2.77 bits per heavy atom. The molecule has 0 aliphatic carbocycles. The van der Waals surface area contributed by atoms with Gasteiger partial charge in [0, 0.05) is 10.5 Å². The first kappa shape index (κ1) is 8.41. The van der Waals surface area contributed by atoms with Crippen LogP contribution in [0, 0.1) is 0 Å². The standard InChI is InChI=1S/C10H9NOS/c11-13-10-3-1-2-8(6-10)9-4-5-12-7-9/h1-7H,11H2. The van der Waals surface area contributed by atoms with Crippen LogP contribution >= 0.6 is 11.9 Å². The maximum Gasteiger partial charge on any atom is 0.0980 e. The molecule has 0 spiro atoms. The van der Waals surface area contributed by atoms with E-state index >= 15 is 0 Å². The molecule has 0 unspecified atom stereocenters. The molecule has 0 radical (unpaired) electrons. The first-order chi connectivity index (χ1) is 6.40. The summed E-state index contributed by atoms with van der Waals surface area (Å²) in [5.74, 6) is 0. The minimum absolute atomic E-state index is 1.05. The van der Waals surface area contributed by atoms with Crippen molar-refractivity contribution in [3.8, 4) is 11.1 Å². The van der Waals surface area contributed by atoms with Crippen molar-refractivity contribution in [3.05, 3.63) is 42.9 Å². The molecule has 2 nitrogen and oxygen atoms in total. The lowest BCUT2D eigenvalue weighted by atomic mass is 10.1. The highest BCUT2D eigenvalue weighted by Gasteiger charge is 1.99. The number of rotatable bonds is 2. The molecule has 0 aliphatic heterocycles. The molecule has 1 aromatic carbocycles. The van der Waals surface area contributed by atoms with Gasteiger partial charge in [-0.05, 0) is 35.7 Å². The van der Waals surface area contributed by atoms with Crippen molar-refractivity contribution in [2.45, 2.75) is 4.90 Å². The summed E-state index contributed by atoms with van der Waals surface area (Å²) in [6, 6.07) is 9.96. The van der Waals surface area contributed by atoms with Gasteiger partial charge in [-0.15, -0.1) is 0 Å². The molecule has 13 heavy (non-hydrogen) atoms. The van der Waals surface area contributed by atoms with Gasteiger partial charge in [0.05, 0.1) is 12.5 Å². The van der Waals surface area contributed by atoms with Gasteiger partial charge in [0.1, 0.15) is 0 Å². The third kappa shape index (κ3) is 1.76. The van der Waals surface area contributed by atoms with Crippen LogP contribution in [-0.4, -0.2) is 0 Å². The molecule has 66 valence electrons. The van der Waals surface area contributed by atoms with Crippen LogP contribution in [0.1, 0.15) is 0 Å². The van der Waals surface area contributed by atoms with Crippen molar-refractivity contribution in [1.82, 2.24) is 0 Å². The van der Waals surface area contributed by atoms with Gasteiger partial charge in [0.25, 0.3) is 0 Å². The summed E-state index contributed by atoms with van der Waals surface area (Å²) in [6.07, 6.45) is 3.39. The second-order valence-corrected chi connectivity index (χ2v) is 3.36. The average Bonchev–Trinajstić information content (AvgIpc) is 2.71. The fraction of sp³-hybridized carbons (Fsp3) is 0. The van der Waals surface area contributed by atoms with Gasteiger partial charge in [-0.2, -0.15) is 0 Å². The largest absolute Gasteiger partial charge is 0.472 e. The van der Waals surface area contributed by atoms with Gasteiger partial charge in [0.2, 0.25) is 0 Å². The minimum Gasteiger partial charge on any atom is -0.472 e. The third-order valence-corrected chi connectivity index (χ3v) is 2.35. The minimum atomic E-state index is 1.05. The molecule has 2 rings (SSSR count). The number of benzene rings is 1. The van der Waals surface area contributed by atoms with Gasteiger partial charge in [-0.25, -0.2) is 0 Å². The molecule has 0 atom stereocenters. The molecule has 0 bridgehead atoms. The van der Waals surface area contributed by atoms with E-state index in [1.54, 1.807) is 12.5 Å². The topological polar surface area (TPSA) is 39.2 Å². The fourth-order valence-electron chi connectivity index (χ4n) is 1.18. The van der Waals surface area contributed by atoms with E-state index in [1.165, 1.54) is 11.9 Å². The number of nitrogens with two attached hydrogens (primary N) is 1. The molecule has 2 aromatic rings. The van der Waals surface area contributed by atoms with Crippen molar-refractivity contribution in [2.24, 2.45) is 5.14 Å². The van der Waals surface area contributed by atoms with Crippen LogP contribution in [0.15, 0.2) is 52.2 Å². The van der Waals surface area contributed by atoms with Crippen molar-refractivity contribution >= 4 is 11.9 Å². The lowest BCUT2D eigenvalue weighted by Gasteiger charge is -1.99. The molecular formula is C10H9NOS. The molecular weight excluding hydrogens is 182 g/mol. The maximum atomic E-state index is 5.47. The van der Waals surface area contributed by atoms with Gasteiger partial charge >= 0.3 is 0 Å². The van der Waals surface area contributed by atoms with E-state index in [0.29, 0.717) is 0 Å². The smallest absolute Gasteiger partial charge is 0.0980 e. The van der Waals surface area contributed by atoms with Crippen LogP contribution in [0.4, 0.5) is 0 Å². The van der Waals surface area contributed by atoms with E-state index in [-0.39, 0.29) is 0 Å². The molecule has 2 N–H and O–H groups in total. The molecule has 0 saturated carbocycles. The SMILES string of the molecule is NSc1cccc(-c2ccoc2)c1. The fourth-order valence-corrected chi connectivity index (χ4v) is 1.53. The summed E-state index contributed by atoms with van der Waals surface area (Å²) in [5.41, 5.74) is 2.21. The Bertz CT molecular complexity index is 384. The Labute approximate surface area is 80.9 Å².